The highest BCUT2D eigenvalue weighted by molar-refractivity contribution is 6.23. The first kappa shape index (κ1) is 20.9. The first-order valence-electron chi connectivity index (χ1n) is 11.2. The van der Waals surface area contributed by atoms with Crippen LogP contribution in [0.2, 0.25) is 0 Å². The number of rotatable bonds is 4. The molecule has 6 heteroatoms. The van der Waals surface area contributed by atoms with Crippen LogP contribution in [0.5, 0.6) is 0 Å². The van der Waals surface area contributed by atoms with Gasteiger partial charge in [0.25, 0.3) is 11.8 Å². The summed E-state index contributed by atoms with van der Waals surface area (Å²) in [5.41, 5.74) is 3.53. The summed E-state index contributed by atoms with van der Waals surface area (Å²) in [6, 6.07) is 23.5. The van der Waals surface area contributed by atoms with Crippen molar-refractivity contribution in [1.29, 1.82) is 0 Å². The molecule has 6 nitrogen and oxygen atoms in total. The Morgan fingerprint density at radius 2 is 1.45 bits per heavy atom. The molecule has 0 aromatic heterocycles. The number of anilines is 2. The fourth-order valence-corrected chi connectivity index (χ4v) is 4.89. The molecule has 3 atom stereocenters. The molecule has 1 N–H and O–H groups in total. The second kappa shape index (κ2) is 8.20. The van der Waals surface area contributed by atoms with Crippen LogP contribution in [0.15, 0.2) is 78.9 Å². The van der Waals surface area contributed by atoms with E-state index in [9.17, 15) is 14.4 Å². The van der Waals surface area contributed by atoms with Crippen molar-refractivity contribution in [3.05, 3.63) is 95.6 Å². The van der Waals surface area contributed by atoms with Crippen LogP contribution in [0, 0.1) is 0 Å². The largest absolute Gasteiger partial charge is 0.378 e. The lowest BCUT2D eigenvalue weighted by atomic mass is 9.90. The van der Waals surface area contributed by atoms with Gasteiger partial charge in [0.15, 0.2) is 0 Å². The van der Waals surface area contributed by atoms with Crippen molar-refractivity contribution in [3.8, 4) is 0 Å². The molecule has 33 heavy (non-hydrogen) atoms. The third kappa shape index (κ3) is 3.48. The normalized spacial score (nSPS) is 20.3. The van der Waals surface area contributed by atoms with Crippen LogP contribution in [0.4, 0.5) is 11.4 Å². The smallest absolute Gasteiger partial charge is 0.262 e. The summed E-state index contributed by atoms with van der Waals surface area (Å²) in [6.45, 7) is 3.64. The predicted octanol–water partition coefficient (Wildman–Crippen LogP) is 4.65. The fraction of sp³-hybridized carbons (Fsp3) is 0.222. The number of fused-ring (bicyclic) bond motifs is 2. The zero-order chi connectivity index (χ0) is 23.1. The van der Waals surface area contributed by atoms with Gasteiger partial charge in [0.1, 0.15) is 6.04 Å². The molecule has 2 aliphatic rings. The molecule has 3 aromatic rings. The van der Waals surface area contributed by atoms with Gasteiger partial charge in [0, 0.05) is 17.4 Å². The fourth-order valence-electron chi connectivity index (χ4n) is 4.89. The average molecular weight is 440 g/mol. The van der Waals surface area contributed by atoms with Gasteiger partial charge in [-0.1, -0.05) is 48.5 Å². The number of carbonyl (C=O) groups is 3. The molecule has 0 aliphatic carbocycles. The van der Waals surface area contributed by atoms with E-state index in [0.29, 0.717) is 17.5 Å². The molecule has 0 radical (unpaired) electrons. The van der Waals surface area contributed by atoms with Gasteiger partial charge in [-0.3, -0.25) is 19.3 Å². The maximum absolute atomic E-state index is 13.7. The lowest BCUT2D eigenvalue weighted by molar-refractivity contribution is -0.122. The molecular weight excluding hydrogens is 414 g/mol. The third-order valence-corrected chi connectivity index (χ3v) is 6.51. The second-order valence-electron chi connectivity index (χ2n) is 8.62. The number of imide groups is 1. The van der Waals surface area contributed by atoms with Crippen molar-refractivity contribution in [2.24, 2.45) is 0 Å². The number of benzene rings is 3. The molecule has 3 aromatic carbocycles. The van der Waals surface area contributed by atoms with E-state index in [-0.39, 0.29) is 18.0 Å². The standard InChI is InChI=1S/C27H25N3O3/c1-17-16-23(28-19-10-4-3-5-11-19)22-14-8-9-15-24(22)29(17)25(31)18(2)30-26(32)20-12-6-7-13-21(20)27(30)33/h3-15,17-18,23,28H,16H2,1-2H3/t17-,18-,23+/m1/s1. The summed E-state index contributed by atoms with van der Waals surface area (Å²) in [7, 11) is 0. The summed E-state index contributed by atoms with van der Waals surface area (Å²) < 4.78 is 0. The first-order valence-corrected chi connectivity index (χ1v) is 11.2. The maximum Gasteiger partial charge on any atom is 0.262 e. The summed E-state index contributed by atoms with van der Waals surface area (Å²) in [6.07, 6.45) is 0.701. The number of nitrogens with zero attached hydrogens (tertiary/aromatic N) is 2. The molecule has 0 saturated heterocycles. The van der Waals surface area contributed by atoms with Gasteiger partial charge < -0.3 is 10.2 Å². The molecule has 0 fully saturated rings. The Balaban J connectivity index is 1.45. The maximum atomic E-state index is 13.7. The SMILES string of the molecule is C[C@H](C(=O)N1c2ccccc2[C@@H](Nc2ccccc2)C[C@H]1C)N1C(=O)c2ccccc2C1=O. The van der Waals surface area contributed by atoms with Crippen molar-refractivity contribution in [2.75, 3.05) is 10.2 Å². The van der Waals surface area contributed by atoms with E-state index in [0.717, 1.165) is 21.8 Å². The van der Waals surface area contributed by atoms with Gasteiger partial charge in [-0.05, 0) is 56.2 Å². The minimum absolute atomic E-state index is 0.0391. The Labute approximate surface area is 192 Å². The second-order valence-corrected chi connectivity index (χ2v) is 8.62. The Kier molecular flexibility index (Phi) is 5.21. The minimum Gasteiger partial charge on any atom is -0.378 e. The van der Waals surface area contributed by atoms with Crippen molar-refractivity contribution >= 4 is 29.1 Å². The highest BCUT2D eigenvalue weighted by atomic mass is 16.2. The Morgan fingerprint density at radius 1 is 0.879 bits per heavy atom. The van der Waals surface area contributed by atoms with Gasteiger partial charge in [0.05, 0.1) is 17.2 Å². The monoisotopic (exact) mass is 439 g/mol. The van der Waals surface area contributed by atoms with Crippen LogP contribution >= 0.6 is 0 Å². The van der Waals surface area contributed by atoms with E-state index >= 15 is 0 Å². The topological polar surface area (TPSA) is 69.7 Å². The molecule has 0 unspecified atom stereocenters. The van der Waals surface area contributed by atoms with Crippen molar-refractivity contribution in [2.45, 2.75) is 38.4 Å². The Hall–Kier alpha value is -3.93. The van der Waals surface area contributed by atoms with Gasteiger partial charge in [0.2, 0.25) is 5.91 Å². The van der Waals surface area contributed by atoms with Gasteiger partial charge in [-0.15, -0.1) is 0 Å². The van der Waals surface area contributed by atoms with E-state index in [1.54, 1.807) is 36.1 Å². The number of hydrogen-bond donors (Lipinski definition) is 1. The number of hydrogen-bond acceptors (Lipinski definition) is 4. The number of nitrogens with one attached hydrogen (secondary N) is 1. The van der Waals surface area contributed by atoms with Crippen LogP contribution in [0.25, 0.3) is 0 Å². The highest BCUT2D eigenvalue weighted by Crippen LogP contribution is 2.39. The molecule has 0 bridgehead atoms. The van der Waals surface area contributed by atoms with Gasteiger partial charge in [-0.25, -0.2) is 0 Å². The molecule has 166 valence electrons. The third-order valence-electron chi connectivity index (χ3n) is 6.51. The number of carbonyl (C=O) groups excluding carboxylic acids is 3. The number of para-hydroxylation sites is 2. The molecule has 2 heterocycles. The van der Waals surface area contributed by atoms with Crippen LogP contribution in [-0.2, 0) is 4.79 Å². The summed E-state index contributed by atoms with van der Waals surface area (Å²) in [5.74, 6) is -1.10. The molecule has 0 spiro atoms. The summed E-state index contributed by atoms with van der Waals surface area (Å²) >= 11 is 0. The van der Waals surface area contributed by atoms with Crippen molar-refractivity contribution < 1.29 is 14.4 Å². The molecule has 0 saturated carbocycles. The minimum atomic E-state index is -0.911. The molecule has 3 amide bonds. The van der Waals surface area contributed by atoms with Gasteiger partial charge in [-0.2, -0.15) is 0 Å². The van der Waals surface area contributed by atoms with E-state index in [4.69, 9.17) is 0 Å². The lowest BCUT2D eigenvalue weighted by Gasteiger charge is -2.41. The van der Waals surface area contributed by atoms with Gasteiger partial charge >= 0.3 is 0 Å². The van der Waals surface area contributed by atoms with Crippen LogP contribution in [-0.4, -0.2) is 34.7 Å². The number of amides is 3. The van der Waals surface area contributed by atoms with E-state index < -0.39 is 17.9 Å². The van der Waals surface area contributed by atoms with E-state index in [1.807, 2.05) is 61.5 Å². The summed E-state index contributed by atoms with van der Waals surface area (Å²) in [5, 5.41) is 3.58. The molecular formula is C27H25N3O3. The summed E-state index contributed by atoms with van der Waals surface area (Å²) in [4.78, 5) is 42.4. The molecule has 5 rings (SSSR count). The quantitative estimate of drug-likeness (QED) is 0.601. The lowest BCUT2D eigenvalue weighted by Crippen LogP contribution is -2.54. The van der Waals surface area contributed by atoms with Crippen LogP contribution < -0.4 is 10.2 Å². The zero-order valence-corrected chi connectivity index (χ0v) is 18.6. The zero-order valence-electron chi connectivity index (χ0n) is 18.6. The highest BCUT2D eigenvalue weighted by Gasteiger charge is 2.44. The Morgan fingerprint density at radius 3 is 2.12 bits per heavy atom. The van der Waals surface area contributed by atoms with Crippen molar-refractivity contribution in [3.63, 3.8) is 0 Å². The van der Waals surface area contributed by atoms with E-state index in [1.165, 1.54) is 0 Å². The average Bonchev–Trinajstić information content (AvgIpc) is 3.09. The van der Waals surface area contributed by atoms with E-state index in [2.05, 4.69) is 5.32 Å². The predicted molar refractivity (Wildman–Crippen MR) is 127 cm³/mol. The Bertz CT molecular complexity index is 1210. The van der Waals surface area contributed by atoms with Crippen LogP contribution in [0.1, 0.15) is 52.6 Å². The first-order chi connectivity index (χ1) is 16.0. The van der Waals surface area contributed by atoms with Crippen LogP contribution in [0.3, 0.4) is 0 Å². The molecule has 2 aliphatic heterocycles. The van der Waals surface area contributed by atoms with Crippen molar-refractivity contribution in [1.82, 2.24) is 4.90 Å².